The standard InChI is InChI=1S/C8H18N2.2ClH/c1-3-4-5-6-8(10)7(2)9;;/h4-5,7-8H,3,6,9-10H2,1-2H3;2*1H. The number of nitrogens with two attached hydrogens (primary N) is 2. The maximum atomic E-state index is 5.68. The summed E-state index contributed by atoms with van der Waals surface area (Å²) in [4.78, 5) is 0. The van der Waals surface area contributed by atoms with Gasteiger partial charge in [0.1, 0.15) is 0 Å². The number of halogens is 2. The predicted molar refractivity (Wildman–Crippen MR) is 60.2 cm³/mol. The molecule has 4 heteroatoms. The van der Waals surface area contributed by atoms with Gasteiger partial charge in [-0.1, -0.05) is 19.1 Å². The van der Waals surface area contributed by atoms with Crippen molar-refractivity contribution in [2.75, 3.05) is 0 Å². The van der Waals surface area contributed by atoms with E-state index in [-0.39, 0.29) is 36.9 Å². The average Bonchev–Trinajstić information content (AvgIpc) is 1.88. The van der Waals surface area contributed by atoms with E-state index >= 15 is 0 Å². The average molecular weight is 215 g/mol. The van der Waals surface area contributed by atoms with Gasteiger partial charge in [0, 0.05) is 12.1 Å². The molecule has 0 fully saturated rings. The largest absolute Gasteiger partial charge is 0.327 e. The minimum absolute atomic E-state index is 0. The Morgan fingerprint density at radius 3 is 2.00 bits per heavy atom. The lowest BCUT2D eigenvalue weighted by molar-refractivity contribution is 0.565. The lowest BCUT2D eigenvalue weighted by Gasteiger charge is -2.12. The Bertz CT molecular complexity index is 105. The molecule has 2 unspecified atom stereocenters. The molecule has 0 aromatic rings. The van der Waals surface area contributed by atoms with Crippen molar-refractivity contribution in [2.45, 2.75) is 38.8 Å². The van der Waals surface area contributed by atoms with E-state index in [2.05, 4.69) is 19.1 Å². The van der Waals surface area contributed by atoms with Gasteiger partial charge in [-0.25, -0.2) is 0 Å². The van der Waals surface area contributed by atoms with Crippen LogP contribution in [0.1, 0.15) is 26.7 Å². The van der Waals surface area contributed by atoms with E-state index in [1.54, 1.807) is 0 Å². The summed E-state index contributed by atoms with van der Waals surface area (Å²) in [7, 11) is 0. The van der Waals surface area contributed by atoms with Crippen molar-refractivity contribution in [3.05, 3.63) is 12.2 Å². The molecule has 0 saturated carbocycles. The summed E-state index contributed by atoms with van der Waals surface area (Å²) in [5.41, 5.74) is 11.2. The van der Waals surface area contributed by atoms with Crippen LogP contribution in [-0.2, 0) is 0 Å². The van der Waals surface area contributed by atoms with Crippen LogP contribution in [0, 0.1) is 0 Å². The van der Waals surface area contributed by atoms with E-state index in [4.69, 9.17) is 11.5 Å². The quantitative estimate of drug-likeness (QED) is 0.703. The fourth-order valence-corrected chi connectivity index (χ4v) is 0.635. The first-order chi connectivity index (χ1) is 4.68. The smallest absolute Gasteiger partial charge is 0.0224 e. The maximum absolute atomic E-state index is 5.68. The van der Waals surface area contributed by atoms with Gasteiger partial charge < -0.3 is 11.5 Å². The summed E-state index contributed by atoms with van der Waals surface area (Å²) in [6.45, 7) is 4.04. The second-order valence-corrected chi connectivity index (χ2v) is 2.64. The van der Waals surface area contributed by atoms with Crippen molar-refractivity contribution in [3.8, 4) is 0 Å². The summed E-state index contributed by atoms with van der Waals surface area (Å²) in [6, 6.07) is 0.212. The Morgan fingerprint density at radius 2 is 1.67 bits per heavy atom. The van der Waals surface area contributed by atoms with Crippen molar-refractivity contribution < 1.29 is 0 Å². The van der Waals surface area contributed by atoms with Crippen LogP contribution >= 0.6 is 24.8 Å². The normalized spacial score (nSPS) is 14.7. The van der Waals surface area contributed by atoms with E-state index in [9.17, 15) is 0 Å². The molecule has 0 aromatic heterocycles. The van der Waals surface area contributed by atoms with Gasteiger partial charge in [0.05, 0.1) is 0 Å². The van der Waals surface area contributed by atoms with Gasteiger partial charge in [0.25, 0.3) is 0 Å². The third-order valence-electron chi connectivity index (χ3n) is 1.49. The summed E-state index contributed by atoms with van der Waals surface area (Å²) in [5.74, 6) is 0. The minimum Gasteiger partial charge on any atom is -0.327 e. The molecular formula is C8H20Cl2N2. The molecule has 0 rings (SSSR count). The topological polar surface area (TPSA) is 52.0 Å². The molecule has 0 aliphatic carbocycles. The molecule has 0 amide bonds. The van der Waals surface area contributed by atoms with E-state index < -0.39 is 0 Å². The van der Waals surface area contributed by atoms with Crippen LogP contribution in [0.5, 0.6) is 0 Å². The summed E-state index contributed by atoms with van der Waals surface area (Å²) in [5, 5.41) is 0. The van der Waals surface area contributed by atoms with Crippen molar-refractivity contribution in [1.82, 2.24) is 0 Å². The van der Waals surface area contributed by atoms with Gasteiger partial charge in [-0.3, -0.25) is 0 Å². The number of rotatable bonds is 4. The van der Waals surface area contributed by atoms with Gasteiger partial charge in [0.15, 0.2) is 0 Å². The molecule has 0 bridgehead atoms. The molecule has 0 radical (unpaired) electrons. The first-order valence-corrected chi connectivity index (χ1v) is 3.84. The molecular weight excluding hydrogens is 195 g/mol. The Balaban J connectivity index is -0.000000405. The molecule has 0 saturated heterocycles. The van der Waals surface area contributed by atoms with Gasteiger partial charge in [-0.05, 0) is 19.8 Å². The van der Waals surface area contributed by atoms with Crippen LogP contribution in [0.3, 0.4) is 0 Å². The molecule has 0 aliphatic heterocycles. The third kappa shape index (κ3) is 10.2. The second kappa shape index (κ2) is 11.2. The summed E-state index contributed by atoms with van der Waals surface area (Å²) in [6.07, 6.45) is 6.17. The molecule has 0 spiro atoms. The zero-order chi connectivity index (χ0) is 7.98. The fraction of sp³-hybridized carbons (Fsp3) is 0.750. The number of allylic oxidation sites excluding steroid dienone is 1. The van der Waals surface area contributed by atoms with Crippen molar-refractivity contribution in [3.63, 3.8) is 0 Å². The molecule has 0 aliphatic rings. The zero-order valence-corrected chi connectivity index (χ0v) is 9.33. The van der Waals surface area contributed by atoms with E-state index in [1.807, 2.05) is 6.92 Å². The van der Waals surface area contributed by atoms with Crippen molar-refractivity contribution >= 4 is 24.8 Å². The van der Waals surface area contributed by atoms with Crippen molar-refractivity contribution in [1.29, 1.82) is 0 Å². The monoisotopic (exact) mass is 214 g/mol. The summed E-state index contributed by atoms with van der Waals surface area (Å²) < 4.78 is 0. The Morgan fingerprint density at radius 1 is 1.17 bits per heavy atom. The maximum Gasteiger partial charge on any atom is 0.0224 e. The highest BCUT2D eigenvalue weighted by Crippen LogP contribution is 1.94. The SMILES string of the molecule is CCC=CCC(N)C(C)N.Cl.Cl. The van der Waals surface area contributed by atoms with Gasteiger partial charge in [0.2, 0.25) is 0 Å². The first-order valence-electron chi connectivity index (χ1n) is 3.84. The second-order valence-electron chi connectivity index (χ2n) is 2.64. The highest BCUT2D eigenvalue weighted by Gasteiger charge is 2.03. The fourth-order valence-electron chi connectivity index (χ4n) is 0.635. The molecule has 2 nitrogen and oxygen atoms in total. The van der Waals surface area contributed by atoms with Gasteiger partial charge in [-0.15, -0.1) is 24.8 Å². The van der Waals surface area contributed by atoms with Crippen LogP contribution in [0.15, 0.2) is 12.2 Å². The molecule has 4 N–H and O–H groups in total. The van der Waals surface area contributed by atoms with E-state index in [0.717, 1.165) is 12.8 Å². The number of hydrogen-bond donors (Lipinski definition) is 2. The lowest BCUT2D eigenvalue weighted by atomic mass is 10.1. The highest BCUT2D eigenvalue weighted by atomic mass is 35.5. The molecule has 0 aromatic carbocycles. The highest BCUT2D eigenvalue weighted by molar-refractivity contribution is 5.85. The van der Waals surface area contributed by atoms with Crippen LogP contribution in [-0.4, -0.2) is 12.1 Å². The van der Waals surface area contributed by atoms with E-state index in [1.165, 1.54) is 0 Å². The van der Waals surface area contributed by atoms with Crippen LogP contribution in [0.4, 0.5) is 0 Å². The Kier molecular flexibility index (Phi) is 17.0. The lowest BCUT2D eigenvalue weighted by Crippen LogP contribution is -2.38. The Labute approximate surface area is 87.6 Å². The molecule has 12 heavy (non-hydrogen) atoms. The van der Waals surface area contributed by atoms with Crippen molar-refractivity contribution in [2.24, 2.45) is 11.5 Å². The first kappa shape index (κ1) is 18.1. The van der Waals surface area contributed by atoms with E-state index in [0.29, 0.717) is 0 Å². The summed E-state index contributed by atoms with van der Waals surface area (Å²) >= 11 is 0. The minimum atomic E-state index is 0. The third-order valence-corrected chi connectivity index (χ3v) is 1.49. The molecule has 76 valence electrons. The molecule has 0 heterocycles. The number of hydrogen-bond acceptors (Lipinski definition) is 2. The zero-order valence-electron chi connectivity index (χ0n) is 7.69. The Hall–Kier alpha value is 0.240. The predicted octanol–water partition coefficient (Wildman–Crippen LogP) is 1.86. The van der Waals surface area contributed by atoms with Crippen LogP contribution in [0.25, 0.3) is 0 Å². The van der Waals surface area contributed by atoms with Crippen LogP contribution < -0.4 is 11.5 Å². The molecule has 2 atom stereocenters. The van der Waals surface area contributed by atoms with Gasteiger partial charge in [-0.2, -0.15) is 0 Å². The van der Waals surface area contributed by atoms with Gasteiger partial charge >= 0.3 is 0 Å². The van der Waals surface area contributed by atoms with Crippen LogP contribution in [0.2, 0.25) is 0 Å².